The van der Waals surface area contributed by atoms with Gasteiger partial charge >= 0.3 is 0 Å². The number of phenolic OH excluding ortho intramolecular Hbond substituents is 1. The first-order valence-electron chi connectivity index (χ1n) is 5.54. The standard InChI is InChI=1S/C15H15NO/c16-14-8-2-6-12(10-14)4-1-5-13-7-3-9-15(17)11-13/h1-3,5-11,17H,4,16H2/b5-1+. The zero-order valence-corrected chi connectivity index (χ0v) is 9.51. The third-order valence-electron chi connectivity index (χ3n) is 2.49. The van der Waals surface area contributed by atoms with Crippen LogP contribution in [0.2, 0.25) is 0 Å². The lowest BCUT2D eigenvalue weighted by molar-refractivity contribution is 0.475. The summed E-state index contributed by atoms with van der Waals surface area (Å²) >= 11 is 0. The van der Waals surface area contributed by atoms with Gasteiger partial charge in [0, 0.05) is 5.69 Å². The Morgan fingerprint density at radius 3 is 2.65 bits per heavy atom. The molecule has 3 N–H and O–H groups in total. The van der Waals surface area contributed by atoms with E-state index in [0.29, 0.717) is 0 Å². The highest BCUT2D eigenvalue weighted by molar-refractivity contribution is 5.52. The zero-order chi connectivity index (χ0) is 12.1. The van der Waals surface area contributed by atoms with Crippen molar-refractivity contribution in [2.75, 3.05) is 5.73 Å². The van der Waals surface area contributed by atoms with E-state index in [2.05, 4.69) is 6.08 Å². The Hall–Kier alpha value is -2.22. The second-order valence-electron chi connectivity index (χ2n) is 3.95. The van der Waals surface area contributed by atoms with E-state index in [4.69, 9.17) is 5.73 Å². The van der Waals surface area contributed by atoms with Gasteiger partial charge in [0.05, 0.1) is 0 Å². The van der Waals surface area contributed by atoms with Crippen LogP contribution in [-0.2, 0) is 6.42 Å². The summed E-state index contributed by atoms with van der Waals surface area (Å²) < 4.78 is 0. The maximum absolute atomic E-state index is 9.32. The Labute approximate surface area is 101 Å². The van der Waals surface area contributed by atoms with Crippen molar-refractivity contribution in [1.29, 1.82) is 0 Å². The van der Waals surface area contributed by atoms with Crippen LogP contribution in [0.3, 0.4) is 0 Å². The molecule has 0 aromatic heterocycles. The smallest absolute Gasteiger partial charge is 0.116 e. The quantitative estimate of drug-likeness (QED) is 0.788. The average Bonchev–Trinajstić information content (AvgIpc) is 2.29. The Morgan fingerprint density at radius 2 is 1.88 bits per heavy atom. The van der Waals surface area contributed by atoms with Gasteiger partial charge < -0.3 is 10.8 Å². The summed E-state index contributed by atoms with van der Waals surface area (Å²) in [6, 6.07) is 15.0. The first kappa shape index (κ1) is 11.3. The second-order valence-corrected chi connectivity index (χ2v) is 3.95. The first-order chi connectivity index (χ1) is 8.24. The van der Waals surface area contributed by atoms with Gasteiger partial charge in [-0.25, -0.2) is 0 Å². The minimum absolute atomic E-state index is 0.288. The highest BCUT2D eigenvalue weighted by Gasteiger charge is 1.91. The normalized spacial score (nSPS) is 10.8. The lowest BCUT2D eigenvalue weighted by atomic mass is 10.1. The summed E-state index contributed by atoms with van der Waals surface area (Å²) in [7, 11) is 0. The molecule has 0 radical (unpaired) electrons. The number of hydrogen-bond donors (Lipinski definition) is 2. The van der Waals surface area contributed by atoms with Crippen LogP contribution in [-0.4, -0.2) is 5.11 Å². The molecule has 0 spiro atoms. The predicted molar refractivity (Wildman–Crippen MR) is 71.7 cm³/mol. The molecule has 2 nitrogen and oxygen atoms in total. The van der Waals surface area contributed by atoms with Crippen LogP contribution in [0.4, 0.5) is 5.69 Å². The monoisotopic (exact) mass is 225 g/mol. The van der Waals surface area contributed by atoms with Gasteiger partial charge in [-0.1, -0.05) is 36.4 Å². The molecule has 0 fully saturated rings. The van der Waals surface area contributed by atoms with Crippen LogP contribution in [0.15, 0.2) is 54.6 Å². The lowest BCUT2D eigenvalue weighted by Crippen LogP contribution is -1.86. The van der Waals surface area contributed by atoms with Crippen molar-refractivity contribution in [1.82, 2.24) is 0 Å². The maximum Gasteiger partial charge on any atom is 0.116 e. The lowest BCUT2D eigenvalue weighted by Gasteiger charge is -1.98. The van der Waals surface area contributed by atoms with Crippen LogP contribution in [0.5, 0.6) is 5.75 Å². The molecule has 2 aromatic rings. The Kier molecular flexibility index (Phi) is 3.46. The van der Waals surface area contributed by atoms with Crippen LogP contribution in [0.1, 0.15) is 11.1 Å². The van der Waals surface area contributed by atoms with Gasteiger partial charge in [0.25, 0.3) is 0 Å². The summed E-state index contributed by atoms with van der Waals surface area (Å²) in [5.74, 6) is 0.288. The van der Waals surface area contributed by atoms with Crippen molar-refractivity contribution in [3.05, 3.63) is 65.7 Å². The predicted octanol–water partition coefficient (Wildman–Crippen LogP) is 3.23. The molecular formula is C15H15NO. The van der Waals surface area contributed by atoms with Gasteiger partial charge in [-0.2, -0.15) is 0 Å². The molecule has 0 aliphatic carbocycles. The number of rotatable bonds is 3. The molecule has 0 heterocycles. The van der Waals surface area contributed by atoms with Crippen LogP contribution in [0, 0.1) is 0 Å². The fourth-order valence-corrected chi connectivity index (χ4v) is 1.68. The summed E-state index contributed by atoms with van der Waals surface area (Å²) in [6.07, 6.45) is 4.88. The molecule has 0 aliphatic rings. The number of benzene rings is 2. The average molecular weight is 225 g/mol. The fraction of sp³-hybridized carbons (Fsp3) is 0.0667. The molecule has 0 atom stereocenters. The summed E-state index contributed by atoms with van der Waals surface area (Å²) in [5, 5.41) is 9.32. The van der Waals surface area contributed by atoms with Gasteiger partial charge in [0.2, 0.25) is 0 Å². The van der Waals surface area contributed by atoms with Crippen molar-refractivity contribution in [2.24, 2.45) is 0 Å². The SMILES string of the molecule is Nc1cccc(C/C=C/c2cccc(O)c2)c1. The summed E-state index contributed by atoms with van der Waals surface area (Å²) in [6.45, 7) is 0. The third kappa shape index (κ3) is 3.38. The van der Waals surface area contributed by atoms with Gasteiger partial charge in [0.15, 0.2) is 0 Å². The first-order valence-corrected chi connectivity index (χ1v) is 5.54. The van der Waals surface area contributed by atoms with E-state index in [1.54, 1.807) is 12.1 Å². The number of phenols is 1. The Morgan fingerprint density at radius 1 is 1.06 bits per heavy atom. The molecule has 86 valence electrons. The molecular weight excluding hydrogens is 210 g/mol. The topological polar surface area (TPSA) is 46.2 Å². The van der Waals surface area contributed by atoms with E-state index in [-0.39, 0.29) is 5.75 Å². The summed E-state index contributed by atoms with van der Waals surface area (Å²) in [4.78, 5) is 0. The molecule has 2 heteroatoms. The Bertz CT molecular complexity index is 532. The van der Waals surface area contributed by atoms with Gasteiger partial charge in [-0.15, -0.1) is 0 Å². The molecule has 17 heavy (non-hydrogen) atoms. The molecule has 0 amide bonds. The number of hydrogen-bond acceptors (Lipinski definition) is 2. The van der Waals surface area contributed by atoms with E-state index in [1.807, 2.05) is 42.5 Å². The van der Waals surface area contributed by atoms with E-state index < -0.39 is 0 Å². The molecule has 0 unspecified atom stereocenters. The van der Waals surface area contributed by atoms with Crippen LogP contribution < -0.4 is 5.73 Å². The molecule has 0 aliphatic heterocycles. The van der Waals surface area contributed by atoms with Crippen molar-refractivity contribution < 1.29 is 5.11 Å². The number of nitrogens with two attached hydrogens (primary N) is 1. The van der Waals surface area contributed by atoms with E-state index >= 15 is 0 Å². The van der Waals surface area contributed by atoms with E-state index in [1.165, 1.54) is 5.56 Å². The second kappa shape index (κ2) is 5.21. The fourth-order valence-electron chi connectivity index (χ4n) is 1.68. The Balaban J connectivity index is 2.03. The maximum atomic E-state index is 9.32. The van der Waals surface area contributed by atoms with E-state index in [9.17, 15) is 5.11 Å². The highest BCUT2D eigenvalue weighted by atomic mass is 16.3. The van der Waals surface area contributed by atoms with Crippen LogP contribution >= 0.6 is 0 Å². The largest absolute Gasteiger partial charge is 0.508 e. The van der Waals surface area contributed by atoms with Crippen molar-refractivity contribution >= 4 is 11.8 Å². The number of aromatic hydroxyl groups is 1. The number of anilines is 1. The summed E-state index contributed by atoms with van der Waals surface area (Å²) in [5.41, 5.74) is 8.67. The van der Waals surface area contributed by atoms with E-state index in [0.717, 1.165) is 17.7 Å². The van der Waals surface area contributed by atoms with Gasteiger partial charge in [-0.3, -0.25) is 0 Å². The van der Waals surface area contributed by atoms with Crippen molar-refractivity contribution in [3.8, 4) is 5.75 Å². The minimum Gasteiger partial charge on any atom is -0.508 e. The number of allylic oxidation sites excluding steroid dienone is 1. The molecule has 0 saturated heterocycles. The zero-order valence-electron chi connectivity index (χ0n) is 9.51. The molecule has 2 aromatic carbocycles. The number of nitrogen functional groups attached to an aromatic ring is 1. The molecule has 0 bridgehead atoms. The van der Waals surface area contributed by atoms with Gasteiger partial charge in [0.1, 0.15) is 5.75 Å². The third-order valence-corrected chi connectivity index (χ3v) is 2.49. The van der Waals surface area contributed by atoms with Crippen LogP contribution in [0.25, 0.3) is 6.08 Å². The molecule has 0 saturated carbocycles. The van der Waals surface area contributed by atoms with Crippen molar-refractivity contribution in [2.45, 2.75) is 6.42 Å². The minimum atomic E-state index is 0.288. The molecule has 2 rings (SSSR count). The van der Waals surface area contributed by atoms with Gasteiger partial charge in [-0.05, 0) is 41.8 Å². The highest BCUT2D eigenvalue weighted by Crippen LogP contribution is 2.13. The van der Waals surface area contributed by atoms with Crippen molar-refractivity contribution in [3.63, 3.8) is 0 Å².